The van der Waals surface area contributed by atoms with Crippen molar-refractivity contribution < 1.29 is 14.6 Å². The van der Waals surface area contributed by atoms with Crippen LogP contribution in [0.1, 0.15) is 89.4 Å². The van der Waals surface area contributed by atoms with Crippen molar-refractivity contribution in [2.45, 2.75) is 78.6 Å². The summed E-state index contributed by atoms with van der Waals surface area (Å²) in [6.07, 6.45) is 0. The molecule has 0 aromatic heterocycles. The molecule has 0 saturated heterocycles. The van der Waals surface area contributed by atoms with Crippen LogP contribution in [0.2, 0.25) is 0 Å². The van der Waals surface area contributed by atoms with Gasteiger partial charge in [-0.25, -0.2) is 4.79 Å². The number of para-hydroxylation sites is 1. The van der Waals surface area contributed by atoms with Crippen molar-refractivity contribution in [2.24, 2.45) is 0 Å². The molecule has 0 fully saturated rings. The van der Waals surface area contributed by atoms with E-state index in [0.29, 0.717) is 5.75 Å². The molecular weight excluding hydrogens is 348 g/mol. The first-order chi connectivity index (χ1) is 12.6. The summed E-state index contributed by atoms with van der Waals surface area (Å²) in [6, 6.07) is 11.3. The van der Waals surface area contributed by atoms with Crippen LogP contribution in [0.15, 0.2) is 36.4 Å². The highest BCUT2D eigenvalue weighted by atomic mass is 16.5. The zero-order chi connectivity index (χ0) is 21.5. The minimum absolute atomic E-state index is 0.00117. The number of carbonyl (C=O) groups is 1. The quantitative estimate of drug-likeness (QED) is 0.476. The second kappa shape index (κ2) is 7.27. The van der Waals surface area contributed by atoms with Gasteiger partial charge in [-0.05, 0) is 33.9 Å². The van der Waals surface area contributed by atoms with Gasteiger partial charge in [-0.15, -0.1) is 0 Å². The van der Waals surface area contributed by atoms with E-state index in [9.17, 15) is 9.90 Å². The number of phenolic OH excluding ortho intramolecular Hbond substituents is 1. The first kappa shape index (κ1) is 22.0. The van der Waals surface area contributed by atoms with Crippen molar-refractivity contribution in [3.8, 4) is 11.5 Å². The molecule has 0 heterocycles. The standard InChI is InChI=1S/C25H34O3/c1-23(2,3)16-14-17(21(26)19(15-16)25(7,8)9)22(27)28-20-13-11-10-12-18(20)24(4,5)6/h10-15,26H,1-9H3. The molecule has 3 nitrogen and oxygen atoms in total. The van der Waals surface area contributed by atoms with Gasteiger partial charge in [0.25, 0.3) is 0 Å². The van der Waals surface area contributed by atoms with Crippen molar-refractivity contribution in [1.82, 2.24) is 0 Å². The van der Waals surface area contributed by atoms with Gasteiger partial charge in [0, 0.05) is 11.1 Å². The molecule has 0 bridgehead atoms. The number of benzene rings is 2. The van der Waals surface area contributed by atoms with E-state index in [2.05, 4.69) is 41.5 Å². The molecule has 0 aliphatic rings. The second-order valence-electron chi connectivity index (χ2n) is 10.6. The second-order valence-corrected chi connectivity index (χ2v) is 10.6. The molecule has 0 saturated carbocycles. The highest BCUT2D eigenvalue weighted by Crippen LogP contribution is 2.38. The Balaban J connectivity index is 2.58. The van der Waals surface area contributed by atoms with Crippen molar-refractivity contribution >= 4 is 5.97 Å². The fourth-order valence-corrected chi connectivity index (χ4v) is 3.12. The van der Waals surface area contributed by atoms with Gasteiger partial charge in [0.05, 0.1) is 0 Å². The van der Waals surface area contributed by atoms with Crippen LogP contribution in [0, 0.1) is 0 Å². The Bertz CT molecular complexity index is 872. The smallest absolute Gasteiger partial charge is 0.347 e. The van der Waals surface area contributed by atoms with Crippen LogP contribution in [0.5, 0.6) is 11.5 Å². The van der Waals surface area contributed by atoms with E-state index >= 15 is 0 Å². The summed E-state index contributed by atoms with van der Waals surface area (Å²) in [4.78, 5) is 13.1. The number of ether oxygens (including phenoxy) is 1. The lowest BCUT2D eigenvalue weighted by atomic mass is 9.79. The van der Waals surface area contributed by atoms with Crippen molar-refractivity contribution in [3.63, 3.8) is 0 Å². The van der Waals surface area contributed by atoms with E-state index in [1.165, 1.54) is 0 Å². The van der Waals surface area contributed by atoms with Crippen LogP contribution in [0.3, 0.4) is 0 Å². The van der Waals surface area contributed by atoms with E-state index in [0.717, 1.165) is 16.7 Å². The molecule has 0 aliphatic carbocycles. The summed E-state index contributed by atoms with van der Waals surface area (Å²) in [7, 11) is 0. The van der Waals surface area contributed by atoms with Crippen LogP contribution >= 0.6 is 0 Å². The summed E-state index contributed by atoms with van der Waals surface area (Å²) in [6.45, 7) is 18.6. The maximum Gasteiger partial charge on any atom is 0.347 e. The van der Waals surface area contributed by atoms with Gasteiger partial charge in [-0.1, -0.05) is 86.6 Å². The molecule has 0 aliphatic heterocycles. The molecule has 0 atom stereocenters. The summed E-state index contributed by atoms with van der Waals surface area (Å²) in [5.41, 5.74) is 2.27. The van der Waals surface area contributed by atoms with E-state index < -0.39 is 5.97 Å². The van der Waals surface area contributed by atoms with Crippen LogP contribution in [0.25, 0.3) is 0 Å². The Hall–Kier alpha value is -2.29. The zero-order valence-corrected chi connectivity index (χ0v) is 18.7. The third kappa shape index (κ3) is 4.76. The highest BCUT2D eigenvalue weighted by molar-refractivity contribution is 5.95. The van der Waals surface area contributed by atoms with Crippen molar-refractivity contribution in [1.29, 1.82) is 0 Å². The maximum atomic E-state index is 13.1. The first-order valence-corrected chi connectivity index (χ1v) is 9.82. The summed E-state index contributed by atoms with van der Waals surface area (Å²) >= 11 is 0. The lowest BCUT2D eigenvalue weighted by molar-refractivity contribution is 0.0728. The molecule has 0 unspecified atom stereocenters. The summed E-state index contributed by atoms with van der Waals surface area (Å²) < 4.78 is 5.78. The predicted molar refractivity (Wildman–Crippen MR) is 116 cm³/mol. The van der Waals surface area contributed by atoms with Gasteiger partial charge in [-0.2, -0.15) is 0 Å². The van der Waals surface area contributed by atoms with E-state index in [4.69, 9.17) is 4.74 Å². The van der Waals surface area contributed by atoms with Crippen LogP contribution in [-0.2, 0) is 16.2 Å². The van der Waals surface area contributed by atoms with E-state index in [1.807, 2.05) is 45.0 Å². The average molecular weight is 383 g/mol. The van der Waals surface area contributed by atoms with Crippen molar-refractivity contribution in [2.75, 3.05) is 0 Å². The van der Waals surface area contributed by atoms with Gasteiger partial charge < -0.3 is 9.84 Å². The van der Waals surface area contributed by atoms with E-state index in [-0.39, 0.29) is 27.6 Å². The van der Waals surface area contributed by atoms with Gasteiger partial charge in [0.15, 0.2) is 0 Å². The summed E-state index contributed by atoms with van der Waals surface area (Å²) in [5, 5.41) is 10.9. The molecule has 1 N–H and O–H groups in total. The average Bonchev–Trinajstić information content (AvgIpc) is 2.52. The number of esters is 1. The van der Waals surface area contributed by atoms with Crippen LogP contribution < -0.4 is 4.74 Å². The molecule has 3 heteroatoms. The minimum atomic E-state index is -0.536. The Morgan fingerprint density at radius 3 is 1.82 bits per heavy atom. The minimum Gasteiger partial charge on any atom is -0.507 e. The number of hydrogen-bond donors (Lipinski definition) is 1. The Kier molecular flexibility index (Phi) is 5.71. The Morgan fingerprint density at radius 1 is 0.786 bits per heavy atom. The number of carbonyl (C=O) groups excluding carboxylic acids is 1. The van der Waals surface area contributed by atoms with Gasteiger partial charge in [-0.3, -0.25) is 0 Å². The topological polar surface area (TPSA) is 46.5 Å². The number of phenols is 1. The molecule has 2 aromatic carbocycles. The van der Waals surface area contributed by atoms with Crippen molar-refractivity contribution in [3.05, 3.63) is 58.7 Å². The third-order valence-corrected chi connectivity index (χ3v) is 4.90. The molecule has 0 radical (unpaired) electrons. The fourth-order valence-electron chi connectivity index (χ4n) is 3.12. The Morgan fingerprint density at radius 2 is 1.32 bits per heavy atom. The molecule has 152 valence electrons. The molecule has 28 heavy (non-hydrogen) atoms. The normalized spacial score (nSPS) is 12.8. The lowest BCUT2D eigenvalue weighted by Gasteiger charge is -2.27. The van der Waals surface area contributed by atoms with Crippen LogP contribution in [-0.4, -0.2) is 11.1 Å². The van der Waals surface area contributed by atoms with Gasteiger partial charge in [0.2, 0.25) is 0 Å². The van der Waals surface area contributed by atoms with Gasteiger partial charge in [0.1, 0.15) is 17.1 Å². The van der Waals surface area contributed by atoms with E-state index in [1.54, 1.807) is 12.1 Å². The molecule has 0 spiro atoms. The maximum absolute atomic E-state index is 13.1. The number of rotatable bonds is 2. The number of aromatic hydroxyl groups is 1. The third-order valence-electron chi connectivity index (χ3n) is 4.90. The summed E-state index contributed by atoms with van der Waals surface area (Å²) in [5.74, 6) is -0.0117. The first-order valence-electron chi connectivity index (χ1n) is 9.82. The molecule has 2 aromatic rings. The molecule has 2 rings (SSSR count). The SMILES string of the molecule is CC(C)(C)c1cc(C(=O)Oc2ccccc2C(C)(C)C)c(O)c(C(C)(C)C)c1. The highest BCUT2D eigenvalue weighted by Gasteiger charge is 2.29. The molecule has 0 amide bonds. The lowest BCUT2D eigenvalue weighted by Crippen LogP contribution is -2.21. The fraction of sp³-hybridized carbons (Fsp3) is 0.480. The Labute approximate surface area is 169 Å². The number of hydrogen-bond acceptors (Lipinski definition) is 3. The van der Waals surface area contributed by atoms with Gasteiger partial charge >= 0.3 is 5.97 Å². The zero-order valence-electron chi connectivity index (χ0n) is 18.7. The van der Waals surface area contributed by atoms with Crippen LogP contribution in [0.4, 0.5) is 0 Å². The molecular formula is C25H34O3. The monoisotopic (exact) mass is 382 g/mol. The largest absolute Gasteiger partial charge is 0.507 e. The predicted octanol–water partition coefficient (Wildman–Crippen LogP) is 6.50.